The van der Waals surface area contributed by atoms with Crippen molar-refractivity contribution in [3.05, 3.63) is 35.9 Å². The van der Waals surface area contributed by atoms with Gasteiger partial charge in [0.15, 0.2) is 0 Å². The van der Waals surface area contributed by atoms with E-state index in [0.717, 1.165) is 18.4 Å². The van der Waals surface area contributed by atoms with E-state index in [2.05, 4.69) is 19.2 Å². The molecule has 138 valence electrons. The number of hydrogen-bond donors (Lipinski definition) is 2. The average Bonchev–Trinajstić information content (AvgIpc) is 2.59. The molecule has 0 radical (unpaired) electrons. The minimum Gasteiger partial charge on any atom is -0.391 e. The van der Waals surface area contributed by atoms with Crippen LogP contribution in [0, 0.1) is 5.92 Å². The van der Waals surface area contributed by atoms with Gasteiger partial charge in [-0.3, -0.25) is 9.59 Å². The predicted molar refractivity (Wildman–Crippen MR) is 98.0 cm³/mol. The molecule has 1 fully saturated rings. The summed E-state index contributed by atoms with van der Waals surface area (Å²) >= 11 is 0. The molecule has 0 spiro atoms. The Balaban J connectivity index is 1.91. The molecule has 25 heavy (non-hydrogen) atoms. The molecular weight excluding hydrogens is 316 g/mol. The highest BCUT2D eigenvalue weighted by Crippen LogP contribution is 2.19. The van der Waals surface area contributed by atoms with Crippen molar-refractivity contribution in [2.75, 3.05) is 13.1 Å². The summed E-state index contributed by atoms with van der Waals surface area (Å²) in [5, 5.41) is 13.0. The molecule has 1 aliphatic rings. The van der Waals surface area contributed by atoms with Gasteiger partial charge < -0.3 is 15.3 Å². The molecule has 1 aromatic rings. The number of amides is 2. The number of nitrogens with zero attached hydrogens (tertiary/aromatic N) is 1. The van der Waals surface area contributed by atoms with E-state index in [9.17, 15) is 14.7 Å². The lowest BCUT2D eigenvalue weighted by molar-refractivity contribution is -0.143. The molecule has 1 saturated heterocycles. The molecular formula is C20H30N2O3. The van der Waals surface area contributed by atoms with Gasteiger partial charge in [-0.15, -0.1) is 0 Å². The lowest BCUT2D eigenvalue weighted by Gasteiger charge is -2.34. The first-order valence-corrected chi connectivity index (χ1v) is 9.26. The van der Waals surface area contributed by atoms with Crippen molar-refractivity contribution in [2.24, 2.45) is 5.92 Å². The normalized spacial score (nSPS) is 17.4. The summed E-state index contributed by atoms with van der Waals surface area (Å²) in [5.74, 6) is 0.229. The van der Waals surface area contributed by atoms with Gasteiger partial charge in [0.25, 0.3) is 0 Å². The first kappa shape index (κ1) is 19.4. The molecule has 2 amide bonds. The van der Waals surface area contributed by atoms with Crippen LogP contribution in [0.15, 0.2) is 30.3 Å². The maximum atomic E-state index is 12.7. The Kier molecular flexibility index (Phi) is 7.44. The first-order valence-electron chi connectivity index (χ1n) is 9.26. The first-order chi connectivity index (χ1) is 12.0. The second-order valence-corrected chi connectivity index (χ2v) is 7.28. The molecule has 0 bridgehead atoms. The van der Waals surface area contributed by atoms with Gasteiger partial charge in [-0.25, -0.2) is 0 Å². The van der Waals surface area contributed by atoms with Gasteiger partial charge in [-0.1, -0.05) is 44.2 Å². The van der Waals surface area contributed by atoms with Crippen molar-refractivity contribution >= 4 is 11.8 Å². The van der Waals surface area contributed by atoms with Crippen molar-refractivity contribution in [1.29, 1.82) is 0 Å². The van der Waals surface area contributed by atoms with Crippen molar-refractivity contribution in [2.45, 2.75) is 58.1 Å². The van der Waals surface area contributed by atoms with Crippen LogP contribution in [0.4, 0.5) is 0 Å². The summed E-state index contributed by atoms with van der Waals surface area (Å²) in [6.45, 7) is 4.96. The molecule has 1 heterocycles. The van der Waals surface area contributed by atoms with Crippen molar-refractivity contribution in [1.82, 2.24) is 10.2 Å². The fraction of sp³-hybridized carbons (Fsp3) is 0.600. The SMILES string of the molecule is CC(C)CC(C(=O)NCC(O)Cc1ccccc1)N1CCCCC1=O. The molecule has 2 rings (SSSR count). The van der Waals surface area contributed by atoms with Gasteiger partial charge in [0.05, 0.1) is 6.10 Å². The molecule has 1 aliphatic heterocycles. The Hall–Kier alpha value is -1.88. The molecule has 5 nitrogen and oxygen atoms in total. The smallest absolute Gasteiger partial charge is 0.242 e. The number of rotatable bonds is 8. The topological polar surface area (TPSA) is 69.6 Å². The Morgan fingerprint density at radius 2 is 1.96 bits per heavy atom. The zero-order valence-electron chi connectivity index (χ0n) is 15.3. The molecule has 2 unspecified atom stereocenters. The maximum absolute atomic E-state index is 12.7. The summed E-state index contributed by atoms with van der Waals surface area (Å²) in [4.78, 5) is 26.6. The van der Waals surface area contributed by atoms with Gasteiger partial charge in [0.2, 0.25) is 11.8 Å². The highest BCUT2D eigenvalue weighted by molar-refractivity contribution is 5.88. The van der Waals surface area contributed by atoms with Gasteiger partial charge in [-0.2, -0.15) is 0 Å². The monoisotopic (exact) mass is 346 g/mol. The van der Waals surface area contributed by atoms with Crippen molar-refractivity contribution < 1.29 is 14.7 Å². The van der Waals surface area contributed by atoms with Crippen LogP contribution in [-0.2, 0) is 16.0 Å². The highest BCUT2D eigenvalue weighted by Gasteiger charge is 2.31. The fourth-order valence-electron chi connectivity index (χ4n) is 3.27. The third-order valence-corrected chi connectivity index (χ3v) is 4.56. The number of aliphatic hydroxyl groups excluding tert-OH is 1. The van der Waals surface area contributed by atoms with Crippen LogP contribution in [0.25, 0.3) is 0 Å². The number of carbonyl (C=O) groups excluding carboxylic acids is 2. The maximum Gasteiger partial charge on any atom is 0.242 e. The number of likely N-dealkylation sites (tertiary alicyclic amines) is 1. The van der Waals surface area contributed by atoms with Crippen LogP contribution in [0.1, 0.15) is 45.1 Å². The quantitative estimate of drug-likeness (QED) is 0.758. The van der Waals surface area contributed by atoms with Gasteiger partial charge in [0.1, 0.15) is 6.04 Å². The second kappa shape index (κ2) is 9.56. The third-order valence-electron chi connectivity index (χ3n) is 4.56. The Labute approximate surface area is 150 Å². The largest absolute Gasteiger partial charge is 0.391 e. The van der Waals surface area contributed by atoms with Gasteiger partial charge in [-0.05, 0) is 30.7 Å². The highest BCUT2D eigenvalue weighted by atomic mass is 16.3. The summed E-state index contributed by atoms with van der Waals surface area (Å²) in [6.07, 6.45) is 2.89. The van der Waals surface area contributed by atoms with E-state index >= 15 is 0 Å². The van der Waals surface area contributed by atoms with E-state index < -0.39 is 12.1 Å². The predicted octanol–water partition coefficient (Wildman–Crippen LogP) is 2.13. The molecule has 2 N–H and O–H groups in total. The molecule has 0 aliphatic carbocycles. The Morgan fingerprint density at radius 1 is 1.24 bits per heavy atom. The van der Waals surface area contributed by atoms with Crippen LogP contribution in [-0.4, -0.2) is 47.1 Å². The average molecular weight is 346 g/mol. The number of piperidine rings is 1. The number of aliphatic hydroxyl groups is 1. The minimum absolute atomic E-state index is 0.0666. The molecule has 1 aromatic carbocycles. The lowest BCUT2D eigenvalue weighted by atomic mass is 9.98. The van der Waals surface area contributed by atoms with E-state index in [0.29, 0.717) is 31.7 Å². The summed E-state index contributed by atoms with van der Waals surface area (Å²) in [6, 6.07) is 9.28. The zero-order chi connectivity index (χ0) is 18.2. The fourth-order valence-corrected chi connectivity index (χ4v) is 3.27. The van der Waals surface area contributed by atoms with Crippen LogP contribution in [0.3, 0.4) is 0 Å². The number of benzene rings is 1. The number of carbonyl (C=O) groups is 2. The van der Waals surface area contributed by atoms with E-state index in [4.69, 9.17) is 0 Å². The number of nitrogens with one attached hydrogen (secondary N) is 1. The summed E-state index contributed by atoms with van der Waals surface area (Å²) < 4.78 is 0. The van der Waals surface area contributed by atoms with E-state index in [1.54, 1.807) is 4.90 Å². The van der Waals surface area contributed by atoms with E-state index in [-0.39, 0.29) is 18.4 Å². The molecule has 0 aromatic heterocycles. The van der Waals surface area contributed by atoms with E-state index in [1.165, 1.54) is 0 Å². The van der Waals surface area contributed by atoms with E-state index in [1.807, 2.05) is 30.3 Å². The summed E-state index contributed by atoms with van der Waals surface area (Å²) in [7, 11) is 0. The third kappa shape index (κ3) is 6.16. The standard InChI is InChI=1S/C20H30N2O3/c1-15(2)12-18(22-11-7-6-10-19(22)24)20(25)21-14-17(23)13-16-8-4-3-5-9-16/h3-5,8-9,15,17-18,23H,6-7,10-14H2,1-2H3,(H,21,25). The summed E-state index contributed by atoms with van der Waals surface area (Å²) in [5.41, 5.74) is 1.04. The molecule has 2 atom stereocenters. The van der Waals surface area contributed by atoms with Crippen LogP contribution in [0.2, 0.25) is 0 Å². The minimum atomic E-state index is -0.636. The Morgan fingerprint density at radius 3 is 2.60 bits per heavy atom. The van der Waals surface area contributed by atoms with Crippen molar-refractivity contribution in [3.63, 3.8) is 0 Å². The second-order valence-electron chi connectivity index (χ2n) is 7.28. The molecule has 0 saturated carbocycles. The van der Waals surface area contributed by atoms with Crippen LogP contribution >= 0.6 is 0 Å². The zero-order valence-corrected chi connectivity index (χ0v) is 15.3. The van der Waals surface area contributed by atoms with Gasteiger partial charge in [0, 0.05) is 25.9 Å². The number of hydrogen-bond acceptors (Lipinski definition) is 3. The lowest BCUT2D eigenvalue weighted by Crippen LogP contribution is -2.52. The van der Waals surface area contributed by atoms with Crippen molar-refractivity contribution in [3.8, 4) is 0 Å². The Bertz CT molecular complexity index is 559. The molecule has 5 heteroatoms. The van der Waals surface area contributed by atoms with Crippen LogP contribution in [0.5, 0.6) is 0 Å². The van der Waals surface area contributed by atoms with Crippen LogP contribution < -0.4 is 5.32 Å². The van der Waals surface area contributed by atoms with Gasteiger partial charge >= 0.3 is 0 Å².